The third kappa shape index (κ3) is 5.78. The van der Waals surface area contributed by atoms with Gasteiger partial charge in [0.15, 0.2) is 12.4 Å². The summed E-state index contributed by atoms with van der Waals surface area (Å²) < 4.78 is 13.9. The monoisotopic (exact) mass is 522 g/mol. The van der Waals surface area contributed by atoms with E-state index in [4.69, 9.17) is 9.47 Å². The number of nitro benzene ring substituents is 1. The van der Waals surface area contributed by atoms with Crippen molar-refractivity contribution in [3.8, 4) is 17.2 Å². The smallest absolute Gasteiger partial charge is 0.276 e. The van der Waals surface area contributed by atoms with Gasteiger partial charge in [-0.25, -0.2) is 4.68 Å². The number of hydrogen-bond acceptors (Lipinski definition) is 6. The first kappa shape index (κ1) is 23.0. The molecular weight excluding hydrogens is 504 g/mol. The molecule has 172 valence electrons. The molecule has 1 N–H and O–H groups in total. The number of aryl methyl sites for hydroxylation is 1. The maximum atomic E-state index is 12.7. The van der Waals surface area contributed by atoms with Gasteiger partial charge in [-0.15, -0.1) is 0 Å². The van der Waals surface area contributed by atoms with Crippen molar-refractivity contribution in [3.63, 3.8) is 0 Å². The molecule has 0 fully saturated rings. The Morgan fingerprint density at radius 3 is 2.59 bits per heavy atom. The second kappa shape index (κ2) is 10.2. The van der Waals surface area contributed by atoms with Gasteiger partial charge in [-0.1, -0.05) is 34.1 Å². The van der Waals surface area contributed by atoms with Gasteiger partial charge in [0.05, 0.1) is 16.7 Å². The van der Waals surface area contributed by atoms with Crippen molar-refractivity contribution in [1.29, 1.82) is 0 Å². The van der Waals surface area contributed by atoms with Crippen LogP contribution in [0.3, 0.4) is 0 Å². The van der Waals surface area contributed by atoms with E-state index >= 15 is 0 Å². The minimum absolute atomic E-state index is 0.111. The van der Waals surface area contributed by atoms with Crippen LogP contribution in [0.25, 0.3) is 0 Å². The van der Waals surface area contributed by atoms with E-state index in [-0.39, 0.29) is 29.5 Å². The van der Waals surface area contributed by atoms with E-state index in [2.05, 4.69) is 26.3 Å². The van der Waals surface area contributed by atoms with E-state index < -0.39 is 10.8 Å². The van der Waals surface area contributed by atoms with Crippen LogP contribution in [0.15, 0.2) is 83.5 Å². The number of non-ortho nitro benzene ring substituents is 1. The zero-order valence-corrected chi connectivity index (χ0v) is 19.6. The molecule has 1 aromatic heterocycles. The van der Waals surface area contributed by atoms with Gasteiger partial charge in [0, 0.05) is 22.8 Å². The largest absolute Gasteiger partial charge is 0.471 e. The molecule has 0 atom stereocenters. The molecule has 9 nitrogen and oxygen atoms in total. The Morgan fingerprint density at radius 1 is 1.09 bits per heavy atom. The highest BCUT2D eigenvalue weighted by atomic mass is 79.9. The lowest BCUT2D eigenvalue weighted by atomic mass is 10.2. The van der Waals surface area contributed by atoms with Gasteiger partial charge >= 0.3 is 0 Å². The molecule has 0 bridgehead atoms. The second-order valence-corrected chi connectivity index (χ2v) is 8.18. The number of nitro groups is 1. The van der Waals surface area contributed by atoms with Gasteiger partial charge < -0.3 is 14.8 Å². The average molecular weight is 523 g/mol. The molecule has 4 aromatic rings. The molecule has 4 rings (SSSR count). The fourth-order valence-corrected chi connectivity index (χ4v) is 3.30. The molecule has 1 amide bonds. The van der Waals surface area contributed by atoms with Crippen molar-refractivity contribution in [3.05, 3.63) is 105 Å². The first-order valence-electron chi connectivity index (χ1n) is 10.1. The molecule has 0 saturated carbocycles. The number of carbonyl (C=O) groups excluding carboxylic acids is 1. The lowest BCUT2D eigenvalue weighted by Gasteiger charge is -2.10. The van der Waals surface area contributed by atoms with Crippen molar-refractivity contribution < 1.29 is 19.2 Å². The predicted octanol–water partition coefficient (Wildman–Crippen LogP) is 5.94. The number of nitrogens with one attached hydrogen (secondary N) is 1. The minimum Gasteiger partial charge on any atom is -0.471 e. The zero-order valence-electron chi connectivity index (χ0n) is 18.0. The van der Waals surface area contributed by atoms with Crippen LogP contribution in [0.5, 0.6) is 17.2 Å². The summed E-state index contributed by atoms with van der Waals surface area (Å²) in [6.45, 7) is 1.98. The normalized spacial score (nSPS) is 10.5. The zero-order chi connectivity index (χ0) is 24.1. The fourth-order valence-electron chi connectivity index (χ4n) is 3.04. The van der Waals surface area contributed by atoms with Crippen molar-refractivity contribution in [1.82, 2.24) is 9.78 Å². The molecule has 0 aliphatic rings. The van der Waals surface area contributed by atoms with Crippen molar-refractivity contribution in [2.75, 3.05) is 5.32 Å². The molecule has 0 spiro atoms. The molecule has 0 saturated heterocycles. The summed E-state index contributed by atoms with van der Waals surface area (Å²) in [5.74, 6) is 0.921. The molecule has 34 heavy (non-hydrogen) atoms. The van der Waals surface area contributed by atoms with Crippen molar-refractivity contribution in [2.45, 2.75) is 13.7 Å². The third-order valence-corrected chi connectivity index (χ3v) is 5.26. The number of nitrogens with zero attached hydrogens (tertiary/aromatic N) is 3. The van der Waals surface area contributed by atoms with E-state index in [0.717, 1.165) is 10.0 Å². The number of hydrogen-bond donors (Lipinski definition) is 1. The number of halogens is 1. The van der Waals surface area contributed by atoms with Gasteiger partial charge in [0.1, 0.15) is 17.2 Å². The summed E-state index contributed by atoms with van der Waals surface area (Å²) >= 11 is 3.36. The van der Waals surface area contributed by atoms with Crippen LogP contribution >= 0.6 is 15.9 Å². The summed E-state index contributed by atoms with van der Waals surface area (Å²) in [7, 11) is 0. The summed E-state index contributed by atoms with van der Waals surface area (Å²) in [5, 5.41) is 18.2. The topological polar surface area (TPSA) is 109 Å². The van der Waals surface area contributed by atoms with Crippen LogP contribution in [0.2, 0.25) is 0 Å². The highest BCUT2D eigenvalue weighted by Gasteiger charge is 2.16. The summed E-state index contributed by atoms with van der Waals surface area (Å²) in [6.07, 6.45) is 1.61. The van der Waals surface area contributed by atoms with E-state index in [0.29, 0.717) is 11.5 Å². The Balaban J connectivity index is 1.46. The molecular formula is C24H19BrN4O5. The Labute approximate surface area is 203 Å². The quantitative estimate of drug-likeness (QED) is 0.226. The summed E-state index contributed by atoms with van der Waals surface area (Å²) in [6, 6.07) is 20.2. The number of rotatable bonds is 8. The molecule has 1 heterocycles. The van der Waals surface area contributed by atoms with Crippen LogP contribution in [-0.4, -0.2) is 20.6 Å². The Morgan fingerprint density at radius 2 is 1.85 bits per heavy atom. The number of aromatic nitrogens is 2. The highest BCUT2D eigenvalue weighted by Crippen LogP contribution is 2.31. The van der Waals surface area contributed by atoms with E-state index in [1.807, 2.05) is 31.2 Å². The maximum absolute atomic E-state index is 12.7. The van der Waals surface area contributed by atoms with E-state index in [1.54, 1.807) is 30.5 Å². The van der Waals surface area contributed by atoms with Gasteiger partial charge in [-0.2, -0.15) is 5.10 Å². The van der Waals surface area contributed by atoms with Crippen LogP contribution in [0.4, 0.5) is 11.4 Å². The third-order valence-electron chi connectivity index (χ3n) is 4.73. The second-order valence-electron chi connectivity index (χ2n) is 7.26. The lowest BCUT2D eigenvalue weighted by Crippen LogP contribution is -2.14. The van der Waals surface area contributed by atoms with E-state index in [1.165, 1.54) is 28.9 Å². The standard InChI is InChI=1S/C24H19BrN4O5/c1-16-4-2-3-5-23(16)34-21-13-18(12-19(14-21)29(31)32)26-24(30)22-10-11-28(27-22)15-33-20-8-6-17(25)7-9-20/h2-14H,15H2,1H3,(H,26,30). The van der Waals surface area contributed by atoms with Gasteiger partial charge in [0.2, 0.25) is 0 Å². The first-order valence-corrected chi connectivity index (χ1v) is 10.9. The van der Waals surface area contributed by atoms with Gasteiger partial charge in [-0.05, 0) is 48.9 Å². The average Bonchev–Trinajstić information content (AvgIpc) is 3.29. The van der Waals surface area contributed by atoms with Crippen LogP contribution in [-0.2, 0) is 6.73 Å². The number of amides is 1. The van der Waals surface area contributed by atoms with Crippen molar-refractivity contribution >= 4 is 33.2 Å². The van der Waals surface area contributed by atoms with Crippen LogP contribution in [0.1, 0.15) is 16.1 Å². The Bertz CT molecular complexity index is 1340. The number of ether oxygens (including phenoxy) is 2. The van der Waals surface area contributed by atoms with Gasteiger partial charge in [-0.3, -0.25) is 14.9 Å². The van der Waals surface area contributed by atoms with Crippen LogP contribution in [0, 0.1) is 17.0 Å². The van der Waals surface area contributed by atoms with Crippen molar-refractivity contribution in [2.24, 2.45) is 0 Å². The lowest BCUT2D eigenvalue weighted by molar-refractivity contribution is -0.384. The highest BCUT2D eigenvalue weighted by molar-refractivity contribution is 9.10. The molecule has 0 aliphatic heterocycles. The molecule has 0 radical (unpaired) electrons. The molecule has 10 heteroatoms. The Hall–Kier alpha value is -4.18. The van der Waals surface area contributed by atoms with E-state index in [9.17, 15) is 14.9 Å². The number of para-hydroxylation sites is 1. The molecule has 0 unspecified atom stereocenters. The maximum Gasteiger partial charge on any atom is 0.276 e. The number of anilines is 1. The number of benzene rings is 3. The van der Waals surface area contributed by atoms with Gasteiger partial charge in [0.25, 0.3) is 11.6 Å². The summed E-state index contributed by atoms with van der Waals surface area (Å²) in [4.78, 5) is 23.5. The minimum atomic E-state index is -0.547. The summed E-state index contributed by atoms with van der Waals surface area (Å²) in [5.41, 5.74) is 1.00. The SMILES string of the molecule is Cc1ccccc1Oc1cc(NC(=O)c2ccn(COc3ccc(Br)cc3)n2)cc([N+](=O)[O-])c1. The fraction of sp³-hybridized carbons (Fsp3) is 0.0833. The predicted molar refractivity (Wildman–Crippen MR) is 129 cm³/mol. The van der Waals surface area contributed by atoms with Crippen LogP contribution < -0.4 is 14.8 Å². The Kier molecular flexibility index (Phi) is 6.88. The molecule has 0 aliphatic carbocycles. The first-order chi connectivity index (χ1) is 16.4. The number of carbonyl (C=O) groups is 1. The molecule has 3 aromatic carbocycles.